The van der Waals surface area contributed by atoms with Crippen LogP contribution >= 0.6 is 0 Å². The lowest BCUT2D eigenvalue weighted by atomic mass is 10.0. The van der Waals surface area contributed by atoms with Crippen LogP contribution in [0.2, 0.25) is 0 Å². The molecule has 1 heterocycles. The van der Waals surface area contributed by atoms with Crippen LogP contribution in [-0.2, 0) is 0 Å². The molecular formula is C23H22N2O3. The van der Waals surface area contributed by atoms with Crippen LogP contribution in [0, 0.1) is 27.7 Å². The second-order valence-electron chi connectivity index (χ2n) is 6.87. The maximum atomic E-state index is 13.0. The molecule has 1 aromatic heterocycles. The molecule has 0 atom stereocenters. The van der Waals surface area contributed by atoms with Gasteiger partial charge in [0.05, 0.1) is 11.3 Å². The summed E-state index contributed by atoms with van der Waals surface area (Å²) in [5.41, 5.74) is 5.83. The van der Waals surface area contributed by atoms with E-state index in [2.05, 4.69) is 10.3 Å². The fourth-order valence-electron chi connectivity index (χ4n) is 3.21. The van der Waals surface area contributed by atoms with Crippen LogP contribution in [-0.4, -0.2) is 22.0 Å². The predicted octanol–water partition coefficient (Wildman–Crippen LogP) is 4.93. The summed E-state index contributed by atoms with van der Waals surface area (Å²) in [4.78, 5) is 29.0. The van der Waals surface area contributed by atoms with E-state index in [4.69, 9.17) is 0 Å². The first-order valence-electron chi connectivity index (χ1n) is 8.98. The fraction of sp³-hybridized carbons (Fsp3) is 0.174. The Morgan fingerprint density at radius 3 is 2.21 bits per heavy atom. The van der Waals surface area contributed by atoms with E-state index in [1.54, 1.807) is 19.1 Å². The molecule has 142 valence electrons. The maximum absolute atomic E-state index is 13.0. The van der Waals surface area contributed by atoms with Gasteiger partial charge in [0, 0.05) is 11.3 Å². The van der Waals surface area contributed by atoms with Crippen molar-refractivity contribution in [1.29, 1.82) is 0 Å². The largest absolute Gasteiger partial charge is 0.478 e. The topological polar surface area (TPSA) is 79.3 Å². The van der Waals surface area contributed by atoms with Crippen molar-refractivity contribution < 1.29 is 14.7 Å². The molecule has 0 aliphatic heterocycles. The van der Waals surface area contributed by atoms with Crippen LogP contribution in [0.25, 0.3) is 11.3 Å². The van der Waals surface area contributed by atoms with E-state index in [-0.39, 0.29) is 11.5 Å². The number of rotatable bonds is 4. The van der Waals surface area contributed by atoms with Crippen molar-refractivity contribution >= 4 is 17.6 Å². The molecule has 3 aromatic rings. The first-order chi connectivity index (χ1) is 13.3. The van der Waals surface area contributed by atoms with Crippen molar-refractivity contribution in [1.82, 2.24) is 4.98 Å². The Morgan fingerprint density at radius 1 is 0.857 bits per heavy atom. The van der Waals surface area contributed by atoms with E-state index < -0.39 is 5.97 Å². The number of hydrogen-bond donors (Lipinski definition) is 2. The van der Waals surface area contributed by atoms with Crippen LogP contribution in [0.15, 0.2) is 48.5 Å². The van der Waals surface area contributed by atoms with Crippen LogP contribution in [0.1, 0.15) is 43.1 Å². The molecular weight excluding hydrogens is 352 g/mol. The molecule has 0 aliphatic carbocycles. The van der Waals surface area contributed by atoms with Crippen molar-refractivity contribution in [2.45, 2.75) is 27.7 Å². The molecule has 2 aromatic carbocycles. The highest BCUT2D eigenvalue weighted by atomic mass is 16.4. The van der Waals surface area contributed by atoms with Crippen molar-refractivity contribution in [3.05, 3.63) is 82.0 Å². The van der Waals surface area contributed by atoms with Gasteiger partial charge in [0.1, 0.15) is 5.69 Å². The van der Waals surface area contributed by atoms with Crippen molar-refractivity contribution in [3.63, 3.8) is 0 Å². The minimum atomic E-state index is -1.02. The van der Waals surface area contributed by atoms with E-state index in [0.717, 1.165) is 27.9 Å². The van der Waals surface area contributed by atoms with E-state index in [1.165, 1.54) is 0 Å². The second kappa shape index (κ2) is 7.64. The Labute approximate surface area is 164 Å². The highest BCUT2D eigenvalue weighted by Crippen LogP contribution is 2.26. The van der Waals surface area contributed by atoms with Crippen molar-refractivity contribution in [2.24, 2.45) is 0 Å². The minimum absolute atomic E-state index is 0.166. The van der Waals surface area contributed by atoms with Crippen molar-refractivity contribution in [3.8, 4) is 11.3 Å². The molecule has 0 fully saturated rings. The van der Waals surface area contributed by atoms with Gasteiger partial charge in [-0.1, -0.05) is 36.4 Å². The average molecular weight is 374 g/mol. The molecule has 0 saturated carbocycles. The van der Waals surface area contributed by atoms with Gasteiger partial charge in [-0.3, -0.25) is 4.79 Å². The van der Waals surface area contributed by atoms with Gasteiger partial charge in [-0.05, 0) is 62.1 Å². The number of carboxylic acids is 1. The van der Waals surface area contributed by atoms with Gasteiger partial charge < -0.3 is 10.4 Å². The molecule has 5 heteroatoms. The van der Waals surface area contributed by atoms with Gasteiger partial charge in [-0.25, -0.2) is 9.78 Å². The highest BCUT2D eigenvalue weighted by Gasteiger charge is 2.18. The predicted molar refractivity (Wildman–Crippen MR) is 110 cm³/mol. The zero-order chi connectivity index (χ0) is 20.4. The van der Waals surface area contributed by atoms with Gasteiger partial charge in [-0.2, -0.15) is 0 Å². The number of carboxylic acid groups (broad SMARTS) is 1. The molecule has 3 rings (SSSR count). The average Bonchev–Trinajstić information content (AvgIpc) is 2.65. The quantitative estimate of drug-likeness (QED) is 0.678. The van der Waals surface area contributed by atoms with Gasteiger partial charge >= 0.3 is 5.97 Å². The Hall–Kier alpha value is -3.47. The number of carbonyl (C=O) groups is 2. The van der Waals surface area contributed by atoms with Crippen LogP contribution in [0.5, 0.6) is 0 Å². The summed E-state index contributed by atoms with van der Waals surface area (Å²) in [5, 5.41) is 12.2. The Kier molecular flexibility index (Phi) is 5.27. The third-order valence-corrected chi connectivity index (χ3v) is 4.88. The number of aryl methyl sites for hydroxylation is 3. The second-order valence-corrected chi connectivity index (χ2v) is 6.87. The molecule has 1 amide bonds. The Balaban J connectivity index is 2.01. The summed E-state index contributed by atoms with van der Waals surface area (Å²) in [5.74, 6) is -1.38. The zero-order valence-corrected chi connectivity index (χ0v) is 16.3. The summed E-state index contributed by atoms with van der Waals surface area (Å²) < 4.78 is 0. The molecule has 5 nitrogen and oxygen atoms in total. The maximum Gasteiger partial charge on any atom is 0.336 e. The third kappa shape index (κ3) is 3.64. The molecule has 0 bridgehead atoms. The van der Waals surface area contributed by atoms with Gasteiger partial charge in [0.25, 0.3) is 5.91 Å². The lowest BCUT2D eigenvalue weighted by Gasteiger charge is -2.15. The SMILES string of the molecule is Cc1ccccc1-c1ccc(C)c(C(=O)Nc2c(C)ccc(C(=O)O)c2C)n1. The first kappa shape index (κ1) is 19.3. The lowest BCUT2D eigenvalue weighted by molar-refractivity contribution is 0.0695. The first-order valence-corrected chi connectivity index (χ1v) is 8.98. The molecule has 0 saturated heterocycles. The van der Waals surface area contributed by atoms with E-state index in [9.17, 15) is 14.7 Å². The summed E-state index contributed by atoms with van der Waals surface area (Å²) in [7, 11) is 0. The van der Waals surface area contributed by atoms with Gasteiger partial charge in [0.15, 0.2) is 0 Å². The third-order valence-electron chi connectivity index (χ3n) is 4.88. The number of benzene rings is 2. The smallest absolute Gasteiger partial charge is 0.336 e. The van der Waals surface area contributed by atoms with E-state index >= 15 is 0 Å². The van der Waals surface area contributed by atoms with Crippen molar-refractivity contribution in [2.75, 3.05) is 5.32 Å². The number of nitrogens with zero attached hydrogens (tertiary/aromatic N) is 1. The number of anilines is 1. The van der Waals surface area contributed by atoms with Gasteiger partial charge in [-0.15, -0.1) is 0 Å². The van der Waals surface area contributed by atoms with Gasteiger partial charge in [0.2, 0.25) is 0 Å². The molecule has 0 radical (unpaired) electrons. The highest BCUT2D eigenvalue weighted by molar-refractivity contribution is 6.06. The van der Waals surface area contributed by atoms with Crippen LogP contribution in [0.4, 0.5) is 5.69 Å². The number of pyridine rings is 1. The lowest BCUT2D eigenvalue weighted by Crippen LogP contribution is -2.18. The minimum Gasteiger partial charge on any atom is -0.478 e. The van der Waals surface area contributed by atoms with Crippen LogP contribution in [0.3, 0.4) is 0 Å². The summed E-state index contributed by atoms with van der Waals surface area (Å²) in [6, 6.07) is 14.9. The Morgan fingerprint density at radius 2 is 1.54 bits per heavy atom. The number of amides is 1. The summed E-state index contributed by atoms with van der Waals surface area (Å²) in [6.45, 7) is 7.35. The van der Waals surface area contributed by atoms with E-state index in [1.807, 2.05) is 57.2 Å². The number of carbonyl (C=O) groups excluding carboxylic acids is 1. The molecule has 0 spiro atoms. The number of hydrogen-bond acceptors (Lipinski definition) is 3. The molecule has 28 heavy (non-hydrogen) atoms. The standard InChI is InChI=1S/C23H22N2O3/c1-13-7-5-6-8-17(13)19-12-10-15(3)21(24-19)22(26)25-20-14(2)9-11-18(16(20)4)23(27)28/h5-12H,1-4H3,(H,25,26)(H,27,28). The van der Waals surface area contributed by atoms with Crippen LogP contribution < -0.4 is 5.32 Å². The summed E-state index contributed by atoms with van der Waals surface area (Å²) in [6.07, 6.45) is 0. The fourth-order valence-corrected chi connectivity index (χ4v) is 3.21. The number of aromatic nitrogens is 1. The zero-order valence-electron chi connectivity index (χ0n) is 16.3. The Bertz CT molecular complexity index is 1090. The monoisotopic (exact) mass is 374 g/mol. The normalized spacial score (nSPS) is 10.6. The number of aromatic carboxylic acids is 1. The molecule has 2 N–H and O–H groups in total. The molecule has 0 unspecified atom stereocenters. The van der Waals surface area contributed by atoms with E-state index in [0.29, 0.717) is 16.9 Å². The number of nitrogens with one attached hydrogen (secondary N) is 1. The summed E-state index contributed by atoms with van der Waals surface area (Å²) >= 11 is 0. The molecule has 0 aliphatic rings.